The van der Waals surface area contributed by atoms with Gasteiger partial charge in [0.15, 0.2) is 0 Å². The Kier molecular flexibility index (Phi) is 1.57. The van der Waals surface area contributed by atoms with Gasteiger partial charge < -0.3 is 0 Å². The largest absolute Gasteiger partial charge is 0.104 e. The van der Waals surface area contributed by atoms with Crippen molar-refractivity contribution in [2.24, 2.45) is 11.8 Å². The summed E-state index contributed by atoms with van der Waals surface area (Å²) in [5.74, 6) is 2.06. The van der Waals surface area contributed by atoms with Crippen LogP contribution in [0.3, 0.4) is 0 Å². The van der Waals surface area contributed by atoms with Gasteiger partial charge in [-0.1, -0.05) is 12.2 Å². The predicted octanol–water partition coefficient (Wildman–Crippen LogP) is 2.92. The van der Waals surface area contributed by atoms with E-state index >= 15 is 0 Å². The fraction of sp³-hybridized carbons (Fsp3) is 0.875. The summed E-state index contributed by atoms with van der Waals surface area (Å²) in [7, 11) is 0. The Morgan fingerprint density at radius 2 is 1.64 bits per heavy atom. The molecule has 1 saturated heterocycles. The molecule has 3 fully saturated rings. The molecule has 0 unspecified atom stereocenters. The highest BCUT2D eigenvalue weighted by Gasteiger charge is 2.52. The molecule has 3 aliphatic rings. The SMILES string of the molecule is S=C1S[C@@H]2[C@H]3CC[C@H](C3)[C@@H]2S1. The lowest BCUT2D eigenvalue weighted by atomic mass is 10.00. The summed E-state index contributed by atoms with van der Waals surface area (Å²) in [6, 6.07) is 0. The third kappa shape index (κ3) is 0.939. The molecular weight excluding hydrogens is 192 g/mol. The van der Waals surface area contributed by atoms with Crippen LogP contribution in [0.1, 0.15) is 19.3 Å². The quantitative estimate of drug-likeness (QED) is 0.554. The van der Waals surface area contributed by atoms with Crippen molar-refractivity contribution in [3.05, 3.63) is 0 Å². The van der Waals surface area contributed by atoms with E-state index in [4.69, 9.17) is 12.2 Å². The molecule has 2 bridgehead atoms. The number of hydrogen-bond donors (Lipinski definition) is 0. The Hall–Kier alpha value is 0.790. The predicted molar refractivity (Wildman–Crippen MR) is 56.2 cm³/mol. The standard InChI is InChI=1S/C8H10S3/c9-8-10-6-4-1-2-5(3-4)7(6)11-8/h4-7H,1-3H2/t4-,5+,6+,7-. The summed E-state index contributed by atoms with van der Waals surface area (Å²) in [5.41, 5.74) is 0. The lowest BCUT2D eigenvalue weighted by Crippen LogP contribution is -2.22. The van der Waals surface area contributed by atoms with Crippen molar-refractivity contribution in [3.8, 4) is 0 Å². The zero-order valence-electron chi connectivity index (χ0n) is 6.16. The number of thiocarbonyl (C=S) groups is 1. The van der Waals surface area contributed by atoms with Gasteiger partial charge in [-0.15, -0.1) is 23.5 Å². The molecular formula is C8H10S3. The Labute approximate surface area is 80.9 Å². The van der Waals surface area contributed by atoms with Crippen LogP contribution in [0, 0.1) is 11.8 Å². The van der Waals surface area contributed by atoms with E-state index in [1.807, 2.05) is 23.5 Å². The maximum absolute atomic E-state index is 5.23. The summed E-state index contributed by atoms with van der Waals surface area (Å²) in [4.78, 5) is 0. The highest BCUT2D eigenvalue weighted by molar-refractivity contribution is 8.49. The lowest BCUT2D eigenvalue weighted by molar-refractivity contribution is 0.508. The molecule has 0 spiro atoms. The van der Waals surface area contributed by atoms with E-state index < -0.39 is 0 Å². The molecule has 0 N–H and O–H groups in total. The van der Waals surface area contributed by atoms with Crippen LogP contribution in [0.5, 0.6) is 0 Å². The van der Waals surface area contributed by atoms with Crippen molar-refractivity contribution in [3.63, 3.8) is 0 Å². The molecule has 2 saturated carbocycles. The molecule has 0 aromatic rings. The molecule has 60 valence electrons. The van der Waals surface area contributed by atoms with Gasteiger partial charge in [0.2, 0.25) is 0 Å². The highest BCUT2D eigenvalue weighted by Crippen LogP contribution is 2.59. The fourth-order valence-corrected chi connectivity index (χ4v) is 6.69. The zero-order valence-corrected chi connectivity index (χ0v) is 8.60. The molecule has 0 nitrogen and oxygen atoms in total. The normalized spacial score (nSPS) is 53.6. The Bertz CT molecular complexity index is 193. The van der Waals surface area contributed by atoms with E-state index in [0.29, 0.717) is 0 Å². The highest BCUT2D eigenvalue weighted by atomic mass is 32.2. The second-order valence-electron chi connectivity index (χ2n) is 3.75. The molecule has 0 amide bonds. The number of rotatable bonds is 0. The van der Waals surface area contributed by atoms with E-state index in [-0.39, 0.29) is 0 Å². The molecule has 3 rings (SSSR count). The first kappa shape index (κ1) is 7.22. The van der Waals surface area contributed by atoms with Gasteiger partial charge in [0.25, 0.3) is 0 Å². The molecule has 1 aliphatic heterocycles. The minimum atomic E-state index is 0.922. The van der Waals surface area contributed by atoms with Crippen LogP contribution in [-0.4, -0.2) is 14.0 Å². The van der Waals surface area contributed by atoms with Crippen molar-refractivity contribution < 1.29 is 0 Å². The van der Waals surface area contributed by atoms with Crippen LogP contribution < -0.4 is 0 Å². The van der Waals surface area contributed by atoms with Crippen molar-refractivity contribution in [2.75, 3.05) is 0 Å². The number of hydrogen-bond acceptors (Lipinski definition) is 3. The second kappa shape index (κ2) is 2.39. The van der Waals surface area contributed by atoms with Gasteiger partial charge in [0.1, 0.15) is 3.53 Å². The Morgan fingerprint density at radius 1 is 1.09 bits per heavy atom. The van der Waals surface area contributed by atoms with Crippen LogP contribution in [-0.2, 0) is 0 Å². The maximum Gasteiger partial charge on any atom is 0.104 e. The smallest absolute Gasteiger partial charge is 0.103 e. The maximum atomic E-state index is 5.23. The zero-order chi connectivity index (χ0) is 7.42. The Morgan fingerprint density at radius 3 is 2.18 bits per heavy atom. The van der Waals surface area contributed by atoms with Crippen LogP contribution in [0.15, 0.2) is 0 Å². The molecule has 4 atom stereocenters. The lowest BCUT2D eigenvalue weighted by Gasteiger charge is -2.21. The van der Waals surface area contributed by atoms with Gasteiger partial charge in [0, 0.05) is 10.5 Å². The van der Waals surface area contributed by atoms with Crippen molar-refractivity contribution in [1.29, 1.82) is 0 Å². The first-order valence-corrected chi connectivity index (χ1v) is 6.38. The van der Waals surface area contributed by atoms with Crippen LogP contribution in [0.2, 0.25) is 0 Å². The van der Waals surface area contributed by atoms with E-state index in [9.17, 15) is 0 Å². The molecule has 2 aliphatic carbocycles. The molecule has 0 aromatic heterocycles. The third-order valence-electron chi connectivity index (χ3n) is 3.23. The van der Waals surface area contributed by atoms with Gasteiger partial charge in [-0.2, -0.15) is 0 Å². The van der Waals surface area contributed by atoms with Crippen LogP contribution >= 0.6 is 35.7 Å². The van der Waals surface area contributed by atoms with E-state index in [2.05, 4.69) is 0 Å². The average molecular weight is 202 g/mol. The van der Waals surface area contributed by atoms with E-state index in [0.717, 1.165) is 22.3 Å². The van der Waals surface area contributed by atoms with Crippen LogP contribution in [0.25, 0.3) is 0 Å². The number of thioether (sulfide) groups is 2. The number of fused-ring (bicyclic) bond motifs is 5. The van der Waals surface area contributed by atoms with Gasteiger partial charge in [-0.05, 0) is 31.1 Å². The molecule has 0 radical (unpaired) electrons. The van der Waals surface area contributed by atoms with Gasteiger partial charge >= 0.3 is 0 Å². The summed E-state index contributed by atoms with van der Waals surface area (Å²) in [5, 5.41) is 1.84. The molecule has 3 heteroatoms. The van der Waals surface area contributed by atoms with Crippen molar-refractivity contribution >= 4 is 39.3 Å². The second-order valence-corrected chi connectivity index (χ2v) is 7.31. The van der Waals surface area contributed by atoms with Gasteiger partial charge in [0.05, 0.1) is 0 Å². The van der Waals surface area contributed by atoms with Crippen molar-refractivity contribution in [1.82, 2.24) is 0 Å². The summed E-state index contributed by atoms with van der Waals surface area (Å²) >= 11 is 9.22. The van der Waals surface area contributed by atoms with E-state index in [1.54, 1.807) is 0 Å². The van der Waals surface area contributed by atoms with Crippen molar-refractivity contribution in [2.45, 2.75) is 29.8 Å². The minimum absolute atomic E-state index is 0.922. The van der Waals surface area contributed by atoms with Gasteiger partial charge in [-0.3, -0.25) is 0 Å². The van der Waals surface area contributed by atoms with E-state index in [1.165, 1.54) is 22.8 Å². The molecule has 1 heterocycles. The third-order valence-corrected chi connectivity index (χ3v) is 6.84. The van der Waals surface area contributed by atoms with Crippen LogP contribution in [0.4, 0.5) is 0 Å². The summed E-state index contributed by atoms with van der Waals surface area (Å²) < 4.78 is 1.22. The Balaban J connectivity index is 1.92. The first-order chi connectivity index (χ1) is 5.34. The summed E-state index contributed by atoms with van der Waals surface area (Å²) in [6.07, 6.45) is 4.49. The topological polar surface area (TPSA) is 0 Å². The fourth-order valence-electron chi connectivity index (χ4n) is 2.76. The summed E-state index contributed by atoms with van der Waals surface area (Å²) in [6.45, 7) is 0. The monoisotopic (exact) mass is 202 g/mol. The first-order valence-electron chi connectivity index (χ1n) is 4.22. The average Bonchev–Trinajstić information content (AvgIpc) is 2.53. The molecule has 11 heavy (non-hydrogen) atoms. The minimum Gasteiger partial charge on any atom is -0.103 e. The van der Waals surface area contributed by atoms with Gasteiger partial charge in [-0.25, -0.2) is 0 Å². The molecule has 0 aromatic carbocycles.